The van der Waals surface area contributed by atoms with Gasteiger partial charge in [-0.3, -0.25) is 4.79 Å². The van der Waals surface area contributed by atoms with Crippen LogP contribution in [-0.2, 0) is 24.0 Å². The number of aromatic nitrogens is 1. The third-order valence-electron chi connectivity index (χ3n) is 1.80. The lowest BCUT2D eigenvalue weighted by Crippen LogP contribution is -2.17. The Labute approximate surface area is 117 Å². The average molecular weight is 301 g/mol. The normalized spacial score (nSPS) is 10.8. The molecule has 0 bridgehead atoms. The molecule has 1 aromatic rings. The number of amides is 1. The van der Waals surface area contributed by atoms with Gasteiger partial charge < -0.3 is 20.0 Å². The van der Waals surface area contributed by atoms with Crippen LogP contribution in [0.3, 0.4) is 0 Å². The maximum Gasteiger partial charge on any atom is 0.360 e. The van der Waals surface area contributed by atoms with Crippen LogP contribution in [-0.4, -0.2) is 47.4 Å². The molecule has 1 rings (SSSR count). The van der Waals surface area contributed by atoms with Crippen molar-refractivity contribution in [3.05, 3.63) is 11.1 Å². The number of nitrogens with one attached hydrogen (secondary N) is 1. The van der Waals surface area contributed by atoms with E-state index in [9.17, 15) is 14.4 Å². The van der Waals surface area contributed by atoms with Crippen LogP contribution in [0.5, 0.6) is 0 Å². The molecular weight excluding hydrogens is 290 g/mol. The molecule has 0 fully saturated rings. The fraction of sp³-hybridized carbons (Fsp3) is 0.300. The van der Waals surface area contributed by atoms with E-state index in [1.54, 1.807) is 0 Å². The van der Waals surface area contributed by atoms with Crippen LogP contribution < -0.4 is 5.32 Å². The molecule has 0 saturated carbocycles. The molecular formula is C10H11N3O6S. The topological polar surface area (TPSA) is 127 Å². The van der Waals surface area contributed by atoms with Crippen LogP contribution in [0, 0.1) is 0 Å². The summed E-state index contributed by atoms with van der Waals surface area (Å²) in [7, 11) is 1.16. The number of hydrogen-bond donors (Lipinski definition) is 2. The number of esters is 1. The summed E-state index contributed by atoms with van der Waals surface area (Å²) >= 11 is 1.03. The molecule has 1 amide bonds. The summed E-state index contributed by atoms with van der Waals surface area (Å²) in [5, 5.41) is 16.3. The third-order valence-corrected chi connectivity index (χ3v) is 2.56. The Bertz CT molecular complexity index is 553. The highest BCUT2D eigenvalue weighted by Gasteiger charge is 2.18. The number of carboxylic acid groups (broad SMARTS) is 1. The van der Waals surface area contributed by atoms with Gasteiger partial charge in [0.15, 0.2) is 5.13 Å². The number of nitrogens with zero attached hydrogens (tertiary/aromatic N) is 2. The van der Waals surface area contributed by atoms with E-state index in [1.807, 2.05) is 0 Å². The van der Waals surface area contributed by atoms with Crippen LogP contribution in [0.4, 0.5) is 5.13 Å². The van der Waals surface area contributed by atoms with E-state index in [4.69, 9.17) is 5.11 Å². The monoisotopic (exact) mass is 301 g/mol. The molecule has 0 aliphatic carbocycles. The van der Waals surface area contributed by atoms with E-state index in [1.165, 1.54) is 12.3 Å². The van der Waals surface area contributed by atoms with Crippen molar-refractivity contribution in [1.29, 1.82) is 0 Å². The summed E-state index contributed by atoms with van der Waals surface area (Å²) in [5.41, 5.74) is -0.474. The quantitative estimate of drug-likeness (QED) is 0.432. The first kappa shape index (κ1) is 15.6. The molecule has 0 unspecified atom stereocenters. The molecule has 0 radical (unpaired) electrons. The molecule has 0 saturated heterocycles. The molecule has 0 aliphatic heterocycles. The second-order valence-electron chi connectivity index (χ2n) is 3.31. The number of ether oxygens (including phenoxy) is 1. The zero-order chi connectivity index (χ0) is 15.1. The number of hydrogen-bond acceptors (Lipinski definition) is 8. The molecule has 9 nitrogen and oxygen atoms in total. The van der Waals surface area contributed by atoms with Gasteiger partial charge in [0.1, 0.15) is 5.69 Å². The number of carboxylic acids is 1. The number of thiazole rings is 1. The van der Waals surface area contributed by atoms with Crippen molar-refractivity contribution in [2.75, 3.05) is 19.0 Å². The van der Waals surface area contributed by atoms with Crippen molar-refractivity contribution < 1.29 is 29.1 Å². The van der Waals surface area contributed by atoms with Gasteiger partial charge in [-0.25, -0.2) is 14.6 Å². The molecule has 108 valence electrons. The molecule has 1 heterocycles. The molecule has 0 aliphatic rings. The van der Waals surface area contributed by atoms with E-state index >= 15 is 0 Å². The van der Waals surface area contributed by atoms with Gasteiger partial charge in [0.25, 0.3) is 0 Å². The van der Waals surface area contributed by atoms with E-state index < -0.39 is 24.3 Å². The zero-order valence-corrected chi connectivity index (χ0v) is 11.4. The standard InChI is InChI=1S/C10H11N3O6S/c1-5(14)11-10-12-6(4-20-10)8(9(16)17)13-19-3-7(15)18-2/h4H,3H2,1-2H3,(H,16,17)(H,11,12,14). The SMILES string of the molecule is COC(=O)CON=C(C(=O)O)c1csc(NC(C)=O)n1. The lowest BCUT2D eigenvalue weighted by atomic mass is 10.3. The highest BCUT2D eigenvalue weighted by Crippen LogP contribution is 2.16. The summed E-state index contributed by atoms with van der Waals surface area (Å²) in [6.07, 6.45) is 0. The smallest absolute Gasteiger partial charge is 0.360 e. The van der Waals surface area contributed by atoms with E-state index in [-0.39, 0.29) is 16.7 Å². The predicted molar refractivity (Wildman–Crippen MR) is 68.6 cm³/mol. The van der Waals surface area contributed by atoms with E-state index in [0.717, 1.165) is 18.4 Å². The highest BCUT2D eigenvalue weighted by atomic mass is 32.1. The minimum Gasteiger partial charge on any atom is -0.476 e. The fourth-order valence-electron chi connectivity index (χ4n) is 0.994. The zero-order valence-electron chi connectivity index (χ0n) is 10.6. The first-order valence-electron chi connectivity index (χ1n) is 5.17. The van der Waals surface area contributed by atoms with Crippen LogP contribution in [0.15, 0.2) is 10.5 Å². The highest BCUT2D eigenvalue weighted by molar-refractivity contribution is 7.14. The molecule has 10 heteroatoms. The van der Waals surface area contributed by atoms with Gasteiger partial charge in [-0.05, 0) is 0 Å². The van der Waals surface area contributed by atoms with Crippen LogP contribution in [0.2, 0.25) is 0 Å². The first-order valence-corrected chi connectivity index (χ1v) is 6.05. The number of oxime groups is 1. The van der Waals surface area contributed by atoms with Gasteiger partial charge in [0.2, 0.25) is 18.2 Å². The average Bonchev–Trinajstić information content (AvgIpc) is 2.80. The molecule has 0 atom stereocenters. The summed E-state index contributed by atoms with van der Waals surface area (Å²) in [6, 6.07) is 0. The van der Waals surface area contributed by atoms with Crippen molar-refractivity contribution in [3.8, 4) is 0 Å². The molecule has 0 spiro atoms. The van der Waals surface area contributed by atoms with Crippen molar-refractivity contribution in [3.63, 3.8) is 0 Å². The number of carbonyl (C=O) groups excluding carboxylic acids is 2. The van der Waals surface area contributed by atoms with E-state index in [2.05, 4.69) is 25.0 Å². The second-order valence-corrected chi connectivity index (χ2v) is 4.17. The second kappa shape index (κ2) is 7.19. The minimum absolute atomic E-state index is 0.0103. The Morgan fingerprint density at radius 2 is 2.20 bits per heavy atom. The Hall–Kier alpha value is -2.49. The number of rotatable bonds is 6. The Morgan fingerprint density at radius 1 is 1.50 bits per heavy atom. The number of aliphatic carboxylic acids is 1. The van der Waals surface area contributed by atoms with Crippen molar-refractivity contribution in [2.24, 2.45) is 5.16 Å². The predicted octanol–water partition coefficient (Wildman–Crippen LogP) is 0.0798. The lowest BCUT2D eigenvalue weighted by Gasteiger charge is -1.99. The number of anilines is 1. The van der Waals surface area contributed by atoms with Gasteiger partial charge in [-0.2, -0.15) is 0 Å². The number of methoxy groups -OCH3 is 1. The molecule has 0 aromatic carbocycles. The van der Waals surface area contributed by atoms with Crippen molar-refractivity contribution >= 4 is 40.0 Å². The van der Waals surface area contributed by atoms with Crippen LogP contribution in [0.25, 0.3) is 0 Å². The summed E-state index contributed by atoms with van der Waals surface area (Å²) in [4.78, 5) is 41.1. The van der Waals surface area contributed by atoms with Crippen LogP contribution in [0.1, 0.15) is 12.6 Å². The Morgan fingerprint density at radius 3 is 2.75 bits per heavy atom. The van der Waals surface area contributed by atoms with Gasteiger partial charge in [0, 0.05) is 12.3 Å². The van der Waals surface area contributed by atoms with Crippen LogP contribution >= 0.6 is 11.3 Å². The minimum atomic E-state index is -1.38. The van der Waals surface area contributed by atoms with Gasteiger partial charge in [-0.15, -0.1) is 11.3 Å². The first-order chi connectivity index (χ1) is 9.43. The summed E-state index contributed by atoms with van der Waals surface area (Å²) in [6.45, 7) is 0.780. The maximum atomic E-state index is 11.0. The number of carbonyl (C=O) groups is 3. The maximum absolute atomic E-state index is 11.0. The Kier molecular flexibility index (Phi) is 5.59. The summed E-state index contributed by atoms with van der Waals surface area (Å²) < 4.78 is 4.30. The van der Waals surface area contributed by atoms with Gasteiger partial charge in [-0.1, -0.05) is 5.16 Å². The third kappa shape index (κ3) is 4.65. The van der Waals surface area contributed by atoms with E-state index in [0.29, 0.717) is 0 Å². The van der Waals surface area contributed by atoms with Crippen molar-refractivity contribution in [1.82, 2.24) is 4.98 Å². The fourth-order valence-corrected chi connectivity index (χ4v) is 1.74. The lowest BCUT2D eigenvalue weighted by molar-refractivity contribution is -0.146. The molecule has 2 N–H and O–H groups in total. The molecule has 20 heavy (non-hydrogen) atoms. The van der Waals surface area contributed by atoms with Crippen molar-refractivity contribution in [2.45, 2.75) is 6.92 Å². The largest absolute Gasteiger partial charge is 0.476 e. The summed E-state index contributed by atoms with van der Waals surface area (Å²) in [5.74, 6) is -2.41. The molecule has 1 aromatic heterocycles. The van der Waals surface area contributed by atoms with Gasteiger partial charge in [0.05, 0.1) is 7.11 Å². The Balaban J connectivity index is 2.82. The van der Waals surface area contributed by atoms with Gasteiger partial charge >= 0.3 is 11.9 Å².